The van der Waals surface area contributed by atoms with Crippen LogP contribution in [0.4, 0.5) is 5.69 Å². The maximum atomic E-state index is 5.94. The molecule has 0 saturated heterocycles. The van der Waals surface area contributed by atoms with Crippen LogP contribution in [-0.4, -0.2) is 29.9 Å². The van der Waals surface area contributed by atoms with E-state index in [1.165, 1.54) is 18.1 Å². The minimum absolute atomic E-state index is 0.157. The Morgan fingerprint density at radius 3 is 2.89 bits per heavy atom. The second-order valence-corrected chi connectivity index (χ2v) is 4.99. The molecule has 3 N–H and O–H groups in total. The number of aryl methyl sites for hydroxylation is 1. The Bertz CT molecular complexity index is 757. The third-order valence-corrected chi connectivity index (χ3v) is 3.63. The molecule has 0 radical (unpaired) electrons. The lowest BCUT2D eigenvalue weighted by atomic mass is 10.4. The summed E-state index contributed by atoms with van der Waals surface area (Å²) in [6, 6.07) is 0. The lowest BCUT2D eigenvalue weighted by molar-refractivity contribution is 1.01. The normalized spacial score (nSPS) is 11.1. The lowest BCUT2D eigenvalue weighted by Gasteiger charge is -2.06. The zero-order valence-electron chi connectivity index (χ0n) is 9.75. The first-order valence-electron chi connectivity index (χ1n) is 5.26. The molecule has 3 aromatic heterocycles. The molecule has 19 heavy (non-hydrogen) atoms. The van der Waals surface area contributed by atoms with Crippen LogP contribution in [0, 0.1) is 6.92 Å². The van der Waals surface area contributed by atoms with E-state index in [4.69, 9.17) is 17.3 Å². The minimum atomic E-state index is 0.157. The van der Waals surface area contributed by atoms with E-state index in [2.05, 4.69) is 29.9 Å². The van der Waals surface area contributed by atoms with Crippen LogP contribution < -0.4 is 5.73 Å². The van der Waals surface area contributed by atoms with Crippen LogP contribution in [0.2, 0.25) is 5.28 Å². The van der Waals surface area contributed by atoms with E-state index in [9.17, 15) is 0 Å². The molecule has 3 rings (SSSR count). The lowest BCUT2D eigenvalue weighted by Crippen LogP contribution is -2.00. The van der Waals surface area contributed by atoms with Gasteiger partial charge < -0.3 is 10.7 Å². The molecule has 3 heterocycles. The predicted octanol–water partition coefficient (Wildman–Crippen LogP) is 1.84. The fourth-order valence-corrected chi connectivity index (χ4v) is 2.70. The number of anilines is 1. The maximum absolute atomic E-state index is 5.94. The van der Waals surface area contributed by atoms with Crippen LogP contribution >= 0.6 is 23.4 Å². The third-order valence-electron chi connectivity index (χ3n) is 2.46. The number of hydrogen-bond donors (Lipinski definition) is 2. The molecule has 0 bridgehead atoms. The second-order valence-electron chi connectivity index (χ2n) is 3.68. The van der Waals surface area contributed by atoms with E-state index in [0.717, 1.165) is 5.52 Å². The van der Waals surface area contributed by atoms with Crippen molar-refractivity contribution in [2.24, 2.45) is 0 Å². The molecular weight excluding hydrogens is 286 g/mol. The largest absolute Gasteiger partial charge is 0.395 e. The molecule has 0 saturated carbocycles. The van der Waals surface area contributed by atoms with Gasteiger partial charge in [-0.2, -0.15) is 0 Å². The van der Waals surface area contributed by atoms with Crippen molar-refractivity contribution in [3.05, 3.63) is 23.6 Å². The summed E-state index contributed by atoms with van der Waals surface area (Å²) in [6.45, 7) is 1.78. The van der Waals surface area contributed by atoms with E-state index in [-0.39, 0.29) is 5.28 Å². The minimum Gasteiger partial charge on any atom is -0.395 e. The molecule has 0 aliphatic rings. The van der Waals surface area contributed by atoms with Crippen LogP contribution in [-0.2, 0) is 0 Å². The smallest absolute Gasteiger partial charge is 0.223 e. The van der Waals surface area contributed by atoms with Gasteiger partial charge in [-0.25, -0.2) is 24.9 Å². The Labute approximate surface area is 117 Å². The average Bonchev–Trinajstić information content (AvgIpc) is 2.84. The molecule has 0 spiro atoms. The van der Waals surface area contributed by atoms with Crippen LogP contribution in [0.5, 0.6) is 0 Å². The molecule has 3 aromatic rings. The van der Waals surface area contributed by atoms with Crippen LogP contribution in [0.3, 0.4) is 0 Å². The molecule has 96 valence electrons. The van der Waals surface area contributed by atoms with Crippen molar-refractivity contribution in [3.63, 3.8) is 0 Å². The molecule has 0 unspecified atom stereocenters. The molecule has 0 amide bonds. The number of H-pyrrole nitrogens is 1. The third kappa shape index (κ3) is 2.20. The van der Waals surface area contributed by atoms with Crippen molar-refractivity contribution in [2.45, 2.75) is 17.0 Å². The molecule has 0 aliphatic carbocycles. The fourth-order valence-electron chi connectivity index (χ4n) is 1.51. The molecule has 9 heteroatoms. The van der Waals surface area contributed by atoms with Crippen molar-refractivity contribution in [2.75, 3.05) is 5.73 Å². The number of fused-ring (bicyclic) bond motifs is 1. The maximum Gasteiger partial charge on any atom is 0.223 e. The van der Waals surface area contributed by atoms with Gasteiger partial charge in [0.05, 0.1) is 17.7 Å². The first kappa shape index (κ1) is 12.1. The molecular formula is C10H8ClN7S. The Balaban J connectivity index is 2.08. The number of aromatic amines is 1. The number of aromatic nitrogens is 6. The van der Waals surface area contributed by atoms with Gasteiger partial charge in [-0.3, -0.25) is 0 Å². The van der Waals surface area contributed by atoms with E-state index in [1.54, 1.807) is 13.3 Å². The zero-order chi connectivity index (χ0) is 13.4. The SMILES string of the molecule is Cc1nc(Cl)nc(Sc2ncnc3nc[nH]c23)c1N. The van der Waals surface area contributed by atoms with Gasteiger partial charge in [-0.05, 0) is 30.3 Å². The molecule has 7 nitrogen and oxygen atoms in total. The van der Waals surface area contributed by atoms with Gasteiger partial charge in [0, 0.05) is 0 Å². The molecule has 0 fully saturated rings. The highest BCUT2D eigenvalue weighted by Gasteiger charge is 2.13. The highest BCUT2D eigenvalue weighted by atomic mass is 35.5. The quantitative estimate of drug-likeness (QED) is 0.548. The average molecular weight is 294 g/mol. The number of nitrogen functional groups attached to an aromatic ring is 1. The topological polar surface area (TPSA) is 106 Å². The molecule has 0 atom stereocenters. The van der Waals surface area contributed by atoms with E-state index in [0.29, 0.717) is 27.1 Å². The number of imidazole rings is 1. The van der Waals surface area contributed by atoms with Gasteiger partial charge in [-0.1, -0.05) is 0 Å². The summed E-state index contributed by atoms with van der Waals surface area (Å²) >= 11 is 7.14. The van der Waals surface area contributed by atoms with Gasteiger partial charge in [0.1, 0.15) is 21.9 Å². The van der Waals surface area contributed by atoms with E-state index < -0.39 is 0 Å². The van der Waals surface area contributed by atoms with Crippen molar-refractivity contribution < 1.29 is 0 Å². The molecule has 0 aromatic carbocycles. The van der Waals surface area contributed by atoms with Crippen LogP contribution in [0.15, 0.2) is 22.7 Å². The Morgan fingerprint density at radius 1 is 1.21 bits per heavy atom. The van der Waals surface area contributed by atoms with Gasteiger partial charge in [0.2, 0.25) is 5.28 Å². The zero-order valence-corrected chi connectivity index (χ0v) is 11.3. The van der Waals surface area contributed by atoms with Gasteiger partial charge in [-0.15, -0.1) is 0 Å². The van der Waals surface area contributed by atoms with Gasteiger partial charge >= 0.3 is 0 Å². The highest BCUT2D eigenvalue weighted by molar-refractivity contribution is 7.99. The second kappa shape index (κ2) is 4.63. The summed E-state index contributed by atoms with van der Waals surface area (Å²) < 4.78 is 0. The number of halogens is 1. The predicted molar refractivity (Wildman–Crippen MR) is 72.0 cm³/mol. The monoisotopic (exact) mass is 293 g/mol. The summed E-state index contributed by atoms with van der Waals surface area (Å²) in [5, 5.41) is 1.40. The summed E-state index contributed by atoms with van der Waals surface area (Å²) in [6.07, 6.45) is 3.00. The summed E-state index contributed by atoms with van der Waals surface area (Å²) in [4.78, 5) is 23.4. The van der Waals surface area contributed by atoms with Crippen molar-refractivity contribution in [3.8, 4) is 0 Å². The fraction of sp³-hybridized carbons (Fsp3) is 0.100. The van der Waals surface area contributed by atoms with Crippen molar-refractivity contribution >= 4 is 40.2 Å². The first-order chi connectivity index (χ1) is 9.15. The number of nitrogens with two attached hydrogens (primary N) is 1. The van der Waals surface area contributed by atoms with Crippen molar-refractivity contribution in [1.29, 1.82) is 0 Å². The van der Waals surface area contributed by atoms with Crippen molar-refractivity contribution in [1.82, 2.24) is 29.9 Å². The number of nitrogens with zero attached hydrogens (tertiary/aromatic N) is 5. The van der Waals surface area contributed by atoms with Crippen LogP contribution in [0.25, 0.3) is 11.2 Å². The first-order valence-corrected chi connectivity index (χ1v) is 6.46. The number of hydrogen-bond acceptors (Lipinski definition) is 7. The Hall–Kier alpha value is -1.93. The van der Waals surface area contributed by atoms with Gasteiger partial charge in [0.25, 0.3) is 0 Å². The van der Waals surface area contributed by atoms with E-state index in [1.807, 2.05) is 0 Å². The van der Waals surface area contributed by atoms with Crippen LogP contribution in [0.1, 0.15) is 5.69 Å². The Kier molecular flexibility index (Phi) is 2.96. The highest BCUT2D eigenvalue weighted by Crippen LogP contribution is 2.33. The summed E-state index contributed by atoms with van der Waals surface area (Å²) in [5.41, 5.74) is 8.39. The Morgan fingerprint density at radius 2 is 2.05 bits per heavy atom. The molecule has 0 aliphatic heterocycles. The number of nitrogens with one attached hydrogen (secondary N) is 1. The summed E-state index contributed by atoms with van der Waals surface area (Å²) in [5.74, 6) is 0. The number of rotatable bonds is 2. The summed E-state index contributed by atoms with van der Waals surface area (Å²) in [7, 11) is 0. The van der Waals surface area contributed by atoms with E-state index >= 15 is 0 Å². The standard InChI is InChI=1S/C10H8ClN7S/c1-4-5(12)8(18-10(11)17-4)19-9-6-7(14-2-13-6)15-3-16-9/h2-3H,12H2,1H3,(H,13,14,15,16). The van der Waals surface area contributed by atoms with Gasteiger partial charge in [0.15, 0.2) is 5.65 Å².